The molecule has 74 valence electrons. The Morgan fingerprint density at radius 3 is 1.42 bits per heavy atom. The van der Waals surface area contributed by atoms with Gasteiger partial charge >= 0.3 is 0 Å². The molecule has 0 radical (unpaired) electrons. The predicted molar refractivity (Wildman–Crippen MR) is 44.8 cm³/mol. The Labute approximate surface area is 88.9 Å². The quantitative estimate of drug-likeness (QED) is 0.598. The Kier molecular flexibility index (Phi) is 4.74. The summed E-state index contributed by atoms with van der Waals surface area (Å²) >= 11 is 0. The minimum absolute atomic E-state index is 0. The van der Waals surface area contributed by atoms with E-state index in [1.54, 1.807) is 13.8 Å². The zero-order valence-corrected chi connectivity index (χ0v) is 11.5. The van der Waals surface area contributed by atoms with Gasteiger partial charge in [-0.1, -0.05) is 13.8 Å². The molecule has 0 aliphatic heterocycles. The van der Waals surface area contributed by atoms with Gasteiger partial charge in [0.1, 0.15) is 0 Å². The van der Waals surface area contributed by atoms with Crippen LogP contribution in [0.2, 0.25) is 0 Å². The molecule has 0 heterocycles. The Morgan fingerprint density at radius 2 is 1.42 bits per heavy atom. The Morgan fingerprint density at radius 1 is 1.17 bits per heavy atom. The zero-order chi connectivity index (χ0) is 9.50. The number of rotatable bonds is 2. The summed E-state index contributed by atoms with van der Waals surface area (Å²) in [7, 11) is -4.02. The average Bonchev–Trinajstić information content (AvgIpc) is 1.58. The van der Waals surface area contributed by atoms with Crippen LogP contribution in [0, 0.1) is 12.3 Å². The smallest absolute Gasteiger partial charge is 0.268 e. The molecule has 0 aliphatic carbocycles. The molecule has 0 aromatic carbocycles. The maximum absolute atomic E-state index is 10.8. The normalized spacial score (nSPS) is 13.8. The first-order valence-corrected chi connectivity index (χ1v) is 4.76. The van der Waals surface area contributed by atoms with Gasteiger partial charge < -0.3 is 6.92 Å². The molecule has 0 rings (SSSR count). The Hall–Kier alpha value is 0.598. The van der Waals surface area contributed by atoms with Crippen molar-refractivity contribution < 1.29 is 34.0 Å². The van der Waals surface area contributed by atoms with Crippen molar-refractivity contribution in [2.45, 2.75) is 32.4 Å². The van der Waals surface area contributed by atoms with Crippen molar-refractivity contribution in [3.63, 3.8) is 0 Å². The summed E-state index contributed by atoms with van der Waals surface area (Å²) in [6, 6.07) is 0. The second-order valence-corrected chi connectivity index (χ2v) is 5.84. The van der Waals surface area contributed by atoms with Crippen LogP contribution in [0.25, 0.3) is 0 Å². The van der Waals surface area contributed by atoms with Gasteiger partial charge in [-0.25, -0.2) is 0 Å². The Balaban J connectivity index is 0. The molecule has 0 amide bonds. The summed E-state index contributed by atoms with van der Waals surface area (Å²) in [4.78, 5) is 0. The van der Waals surface area contributed by atoms with Crippen LogP contribution in [0.15, 0.2) is 0 Å². The first kappa shape index (κ1) is 15.1. The second-order valence-electron chi connectivity index (χ2n) is 3.87. The molecule has 0 unspecified atom stereocenters. The molecule has 12 heavy (non-hydrogen) atoms. The molecular formula is C7H15O3SW-. The monoisotopic (exact) mass is 363 g/mol. The molecule has 0 bridgehead atoms. The van der Waals surface area contributed by atoms with Crippen LogP contribution < -0.4 is 0 Å². The standard InChI is InChI=1S/C7H15O3S.W/c1-6(2,3)7(4,5)11(8,9)10;/h1H2,2-5H3,(H,8,9,10);/q-1;. The molecule has 0 atom stereocenters. The summed E-state index contributed by atoms with van der Waals surface area (Å²) in [5.41, 5.74) is -0.708. The maximum Gasteiger partial charge on any atom is 0.268 e. The summed E-state index contributed by atoms with van der Waals surface area (Å²) in [5.74, 6) is 0. The van der Waals surface area contributed by atoms with Crippen molar-refractivity contribution in [2.24, 2.45) is 5.41 Å². The van der Waals surface area contributed by atoms with Crippen molar-refractivity contribution in [1.82, 2.24) is 0 Å². The zero-order valence-electron chi connectivity index (χ0n) is 7.79. The van der Waals surface area contributed by atoms with Crippen molar-refractivity contribution in [3.8, 4) is 0 Å². The van der Waals surface area contributed by atoms with Crippen molar-refractivity contribution in [1.29, 1.82) is 0 Å². The molecule has 0 aromatic heterocycles. The topological polar surface area (TPSA) is 54.4 Å². The van der Waals surface area contributed by atoms with Gasteiger partial charge in [0.15, 0.2) is 0 Å². The fourth-order valence-corrected chi connectivity index (χ4v) is 1.05. The van der Waals surface area contributed by atoms with E-state index in [4.69, 9.17) is 4.55 Å². The maximum atomic E-state index is 10.8. The number of hydrogen-bond donors (Lipinski definition) is 1. The van der Waals surface area contributed by atoms with Crippen LogP contribution >= 0.6 is 0 Å². The van der Waals surface area contributed by atoms with Gasteiger partial charge in [0.05, 0.1) is 4.75 Å². The molecule has 1 N–H and O–H groups in total. The third-order valence-electron chi connectivity index (χ3n) is 2.27. The van der Waals surface area contributed by atoms with Crippen LogP contribution in [0.1, 0.15) is 27.7 Å². The minimum atomic E-state index is -4.02. The molecule has 0 saturated heterocycles. The molecule has 3 nitrogen and oxygen atoms in total. The van der Waals surface area contributed by atoms with E-state index in [1.165, 1.54) is 13.8 Å². The SMILES string of the molecule is [CH2-]C(C)(C)C(C)(C)S(=O)(=O)O.[W]. The van der Waals surface area contributed by atoms with E-state index >= 15 is 0 Å². The molecule has 0 fully saturated rings. The van der Waals surface area contributed by atoms with E-state index in [2.05, 4.69) is 6.92 Å². The van der Waals surface area contributed by atoms with E-state index in [0.717, 1.165) is 0 Å². The van der Waals surface area contributed by atoms with Gasteiger partial charge in [0.25, 0.3) is 10.1 Å². The third kappa shape index (κ3) is 2.82. The van der Waals surface area contributed by atoms with Gasteiger partial charge in [0.2, 0.25) is 0 Å². The fraction of sp³-hybridized carbons (Fsp3) is 0.857. The number of hydrogen-bond acceptors (Lipinski definition) is 2. The molecule has 5 heteroatoms. The van der Waals surface area contributed by atoms with Crippen LogP contribution in [0.3, 0.4) is 0 Å². The van der Waals surface area contributed by atoms with E-state index in [9.17, 15) is 8.42 Å². The Bertz CT molecular complexity index is 236. The van der Waals surface area contributed by atoms with Gasteiger partial charge in [-0.3, -0.25) is 4.55 Å². The first-order chi connectivity index (χ1) is 4.50. The van der Waals surface area contributed by atoms with Crippen LogP contribution in [0.4, 0.5) is 0 Å². The third-order valence-corrected chi connectivity index (χ3v) is 4.12. The summed E-state index contributed by atoms with van der Waals surface area (Å²) in [6.45, 7) is 9.91. The summed E-state index contributed by atoms with van der Waals surface area (Å²) in [6.07, 6.45) is 0. The molecule has 0 aliphatic rings. The minimum Gasteiger partial charge on any atom is -0.336 e. The van der Waals surface area contributed by atoms with Crippen LogP contribution in [0.5, 0.6) is 0 Å². The van der Waals surface area contributed by atoms with Gasteiger partial charge in [-0.2, -0.15) is 8.42 Å². The second kappa shape index (κ2) is 3.77. The van der Waals surface area contributed by atoms with Gasteiger partial charge in [-0.05, 0) is 13.8 Å². The van der Waals surface area contributed by atoms with E-state index in [-0.39, 0.29) is 21.1 Å². The van der Waals surface area contributed by atoms with E-state index < -0.39 is 20.3 Å². The van der Waals surface area contributed by atoms with Crippen molar-refractivity contribution in [3.05, 3.63) is 6.92 Å². The molecule has 0 saturated carbocycles. The summed E-state index contributed by atoms with van der Waals surface area (Å²) < 4.78 is 29.2. The van der Waals surface area contributed by atoms with E-state index in [0.29, 0.717) is 0 Å². The van der Waals surface area contributed by atoms with Crippen molar-refractivity contribution in [2.75, 3.05) is 0 Å². The first-order valence-electron chi connectivity index (χ1n) is 3.32. The average molecular weight is 363 g/mol. The van der Waals surface area contributed by atoms with Crippen LogP contribution in [-0.2, 0) is 31.2 Å². The predicted octanol–water partition coefficient (Wildman–Crippen LogP) is 1.51. The van der Waals surface area contributed by atoms with Gasteiger partial charge in [-0.15, -0.1) is 5.41 Å². The largest absolute Gasteiger partial charge is 0.336 e. The fourth-order valence-electron chi connectivity index (χ4n) is 0.349. The van der Waals surface area contributed by atoms with Crippen LogP contribution in [-0.4, -0.2) is 17.7 Å². The molecule has 0 aromatic rings. The van der Waals surface area contributed by atoms with Gasteiger partial charge in [0, 0.05) is 21.1 Å². The summed E-state index contributed by atoms with van der Waals surface area (Å²) in [5, 5.41) is 0. The van der Waals surface area contributed by atoms with E-state index in [1.807, 2.05) is 0 Å². The van der Waals surface area contributed by atoms with Crippen molar-refractivity contribution >= 4 is 10.1 Å². The molecule has 0 spiro atoms. The molecular weight excluding hydrogens is 348 g/mol.